The van der Waals surface area contributed by atoms with Gasteiger partial charge in [-0.1, -0.05) is 6.07 Å². The monoisotopic (exact) mass is 215 g/mol. The molecule has 0 aliphatic carbocycles. The van der Waals surface area contributed by atoms with Gasteiger partial charge in [0, 0.05) is 12.2 Å². The maximum Gasteiger partial charge on any atom is 0.0992 e. The minimum Gasteiger partial charge on any atom is -0.385 e. The van der Waals surface area contributed by atoms with Crippen molar-refractivity contribution in [3.8, 4) is 6.07 Å². The Hall–Kier alpha value is -1.53. The number of rotatable bonds is 3. The molecule has 2 N–H and O–H groups in total. The van der Waals surface area contributed by atoms with Gasteiger partial charge >= 0.3 is 0 Å². The van der Waals surface area contributed by atoms with Crippen LogP contribution in [-0.4, -0.2) is 19.6 Å². The summed E-state index contributed by atoms with van der Waals surface area (Å²) in [5.74, 6) is 0.756. The highest BCUT2D eigenvalue weighted by atomic mass is 14.9. The van der Waals surface area contributed by atoms with E-state index in [1.54, 1.807) is 0 Å². The van der Waals surface area contributed by atoms with E-state index in [1.807, 2.05) is 24.3 Å². The second-order valence-electron chi connectivity index (χ2n) is 4.27. The Labute approximate surface area is 96.5 Å². The van der Waals surface area contributed by atoms with Crippen LogP contribution in [0.15, 0.2) is 24.3 Å². The van der Waals surface area contributed by atoms with Gasteiger partial charge in [-0.05, 0) is 50.0 Å². The number of hydrogen-bond donors (Lipinski definition) is 2. The summed E-state index contributed by atoms with van der Waals surface area (Å²) in [6.07, 6.45) is 2.48. The fraction of sp³-hybridized carbons (Fsp3) is 0.462. The van der Waals surface area contributed by atoms with E-state index < -0.39 is 0 Å². The molecule has 0 saturated carbocycles. The fourth-order valence-corrected chi connectivity index (χ4v) is 2.05. The number of hydrogen-bond acceptors (Lipinski definition) is 3. The quantitative estimate of drug-likeness (QED) is 0.810. The molecule has 1 saturated heterocycles. The van der Waals surface area contributed by atoms with Gasteiger partial charge in [-0.15, -0.1) is 0 Å². The summed E-state index contributed by atoms with van der Waals surface area (Å²) in [7, 11) is 0. The molecule has 1 aliphatic heterocycles. The summed E-state index contributed by atoms with van der Waals surface area (Å²) >= 11 is 0. The summed E-state index contributed by atoms with van der Waals surface area (Å²) in [6, 6.07) is 9.82. The van der Waals surface area contributed by atoms with Crippen LogP contribution in [0.2, 0.25) is 0 Å². The molecule has 0 unspecified atom stereocenters. The Kier molecular flexibility index (Phi) is 3.79. The first kappa shape index (κ1) is 11.0. The zero-order valence-corrected chi connectivity index (χ0v) is 9.37. The van der Waals surface area contributed by atoms with Crippen LogP contribution in [-0.2, 0) is 0 Å². The molecule has 0 aromatic heterocycles. The van der Waals surface area contributed by atoms with Gasteiger partial charge in [0.2, 0.25) is 0 Å². The van der Waals surface area contributed by atoms with Crippen LogP contribution in [0, 0.1) is 17.2 Å². The van der Waals surface area contributed by atoms with E-state index in [2.05, 4.69) is 16.7 Å². The minimum absolute atomic E-state index is 0.718. The van der Waals surface area contributed by atoms with Gasteiger partial charge in [0.05, 0.1) is 11.6 Å². The molecule has 0 atom stereocenters. The Morgan fingerprint density at radius 1 is 1.38 bits per heavy atom. The lowest BCUT2D eigenvalue weighted by atomic mass is 9.98. The Morgan fingerprint density at radius 3 is 2.94 bits per heavy atom. The van der Waals surface area contributed by atoms with Crippen LogP contribution in [0.4, 0.5) is 5.69 Å². The van der Waals surface area contributed by atoms with Crippen LogP contribution in [0.5, 0.6) is 0 Å². The third kappa shape index (κ3) is 2.98. The van der Waals surface area contributed by atoms with E-state index in [0.717, 1.165) is 36.8 Å². The van der Waals surface area contributed by atoms with Crippen molar-refractivity contribution in [2.75, 3.05) is 25.0 Å². The van der Waals surface area contributed by atoms with Crippen LogP contribution in [0.1, 0.15) is 18.4 Å². The number of nitrogens with zero attached hydrogens (tertiary/aromatic N) is 1. The molecule has 84 valence electrons. The molecule has 1 heterocycles. The predicted octanol–water partition coefficient (Wildman–Crippen LogP) is 1.97. The molecule has 2 rings (SSSR count). The molecule has 1 aromatic carbocycles. The lowest BCUT2D eigenvalue weighted by molar-refractivity contribution is 0.390. The van der Waals surface area contributed by atoms with E-state index in [1.165, 1.54) is 12.8 Å². The summed E-state index contributed by atoms with van der Waals surface area (Å²) < 4.78 is 0. The van der Waals surface area contributed by atoms with Gasteiger partial charge in [-0.25, -0.2) is 0 Å². The van der Waals surface area contributed by atoms with Crippen molar-refractivity contribution >= 4 is 5.69 Å². The maximum absolute atomic E-state index is 8.79. The lowest BCUT2D eigenvalue weighted by Crippen LogP contribution is -2.31. The first-order valence-electron chi connectivity index (χ1n) is 5.83. The number of nitrogens with one attached hydrogen (secondary N) is 2. The van der Waals surface area contributed by atoms with E-state index in [-0.39, 0.29) is 0 Å². The van der Waals surface area contributed by atoms with Crippen molar-refractivity contribution in [3.63, 3.8) is 0 Å². The summed E-state index contributed by atoms with van der Waals surface area (Å²) in [6.45, 7) is 3.27. The third-order valence-electron chi connectivity index (χ3n) is 3.05. The largest absolute Gasteiger partial charge is 0.385 e. The minimum atomic E-state index is 0.718. The molecule has 3 heteroatoms. The van der Waals surface area contributed by atoms with Crippen molar-refractivity contribution in [3.05, 3.63) is 29.8 Å². The number of anilines is 1. The van der Waals surface area contributed by atoms with Gasteiger partial charge in [0.15, 0.2) is 0 Å². The molecular weight excluding hydrogens is 198 g/mol. The zero-order chi connectivity index (χ0) is 11.2. The van der Waals surface area contributed by atoms with Gasteiger partial charge in [-0.3, -0.25) is 0 Å². The number of piperidine rings is 1. The lowest BCUT2D eigenvalue weighted by Gasteiger charge is -2.23. The molecule has 0 spiro atoms. The average molecular weight is 215 g/mol. The van der Waals surface area contributed by atoms with Crippen molar-refractivity contribution in [2.45, 2.75) is 12.8 Å². The van der Waals surface area contributed by atoms with E-state index in [4.69, 9.17) is 5.26 Å². The summed E-state index contributed by atoms with van der Waals surface area (Å²) in [4.78, 5) is 0. The van der Waals surface area contributed by atoms with Gasteiger partial charge in [-0.2, -0.15) is 5.26 Å². The Morgan fingerprint density at radius 2 is 2.19 bits per heavy atom. The first-order chi connectivity index (χ1) is 7.88. The molecular formula is C13H17N3. The van der Waals surface area contributed by atoms with Crippen molar-refractivity contribution in [1.29, 1.82) is 5.26 Å². The van der Waals surface area contributed by atoms with Gasteiger partial charge < -0.3 is 10.6 Å². The van der Waals surface area contributed by atoms with Crippen LogP contribution in [0.3, 0.4) is 0 Å². The van der Waals surface area contributed by atoms with Crippen LogP contribution < -0.4 is 10.6 Å². The SMILES string of the molecule is N#Cc1cccc(NCC2CCNCC2)c1. The van der Waals surface area contributed by atoms with E-state index in [0.29, 0.717) is 0 Å². The second kappa shape index (κ2) is 5.53. The van der Waals surface area contributed by atoms with Gasteiger partial charge in [0.1, 0.15) is 0 Å². The van der Waals surface area contributed by atoms with Crippen molar-refractivity contribution in [1.82, 2.24) is 5.32 Å². The smallest absolute Gasteiger partial charge is 0.0992 e. The molecule has 16 heavy (non-hydrogen) atoms. The highest BCUT2D eigenvalue weighted by Gasteiger charge is 2.12. The zero-order valence-electron chi connectivity index (χ0n) is 9.37. The van der Waals surface area contributed by atoms with Crippen LogP contribution >= 0.6 is 0 Å². The molecule has 0 amide bonds. The predicted molar refractivity (Wildman–Crippen MR) is 65.2 cm³/mol. The summed E-state index contributed by atoms with van der Waals surface area (Å²) in [5.41, 5.74) is 1.77. The highest BCUT2D eigenvalue weighted by Crippen LogP contribution is 2.14. The van der Waals surface area contributed by atoms with Gasteiger partial charge in [0.25, 0.3) is 0 Å². The second-order valence-corrected chi connectivity index (χ2v) is 4.27. The molecule has 1 aromatic rings. The van der Waals surface area contributed by atoms with E-state index in [9.17, 15) is 0 Å². The average Bonchev–Trinajstić information content (AvgIpc) is 2.38. The Balaban J connectivity index is 1.86. The molecule has 3 nitrogen and oxygen atoms in total. The first-order valence-corrected chi connectivity index (χ1v) is 5.83. The number of benzene rings is 1. The summed E-state index contributed by atoms with van der Waals surface area (Å²) in [5, 5.41) is 15.6. The molecule has 0 bridgehead atoms. The molecule has 1 aliphatic rings. The van der Waals surface area contributed by atoms with Crippen molar-refractivity contribution < 1.29 is 0 Å². The standard InChI is InChI=1S/C13H17N3/c14-9-12-2-1-3-13(8-12)16-10-11-4-6-15-7-5-11/h1-3,8,11,15-16H,4-7,10H2. The molecule has 0 radical (unpaired) electrons. The highest BCUT2D eigenvalue weighted by molar-refractivity contribution is 5.49. The Bertz CT molecular complexity index is 375. The normalized spacial score (nSPS) is 16.7. The molecule has 1 fully saturated rings. The van der Waals surface area contributed by atoms with Crippen molar-refractivity contribution in [2.24, 2.45) is 5.92 Å². The topological polar surface area (TPSA) is 47.9 Å². The van der Waals surface area contributed by atoms with E-state index >= 15 is 0 Å². The fourth-order valence-electron chi connectivity index (χ4n) is 2.05. The third-order valence-corrected chi connectivity index (χ3v) is 3.05. The maximum atomic E-state index is 8.79. The number of nitriles is 1. The van der Waals surface area contributed by atoms with Crippen LogP contribution in [0.25, 0.3) is 0 Å².